The second-order valence-corrected chi connectivity index (χ2v) is 11.7. The van der Waals surface area contributed by atoms with Crippen molar-refractivity contribution in [3.8, 4) is 0 Å². The highest BCUT2D eigenvalue weighted by Gasteiger charge is 2.60. The lowest BCUT2D eigenvalue weighted by atomic mass is 9.44. The largest absolute Gasteiger partial charge is 0.463 e. The lowest BCUT2D eigenvalue weighted by Gasteiger charge is -2.61. The highest BCUT2D eigenvalue weighted by molar-refractivity contribution is 5.66. The van der Waals surface area contributed by atoms with Gasteiger partial charge in [0.2, 0.25) is 0 Å². The molecule has 0 aromatic rings. The van der Waals surface area contributed by atoms with Crippen molar-refractivity contribution in [2.24, 2.45) is 46.3 Å². The van der Waals surface area contributed by atoms with Crippen LogP contribution in [0.15, 0.2) is 0 Å². The van der Waals surface area contributed by atoms with Gasteiger partial charge in [-0.25, -0.2) is 0 Å². The zero-order valence-corrected chi connectivity index (χ0v) is 19.1. The predicted molar refractivity (Wildman–Crippen MR) is 115 cm³/mol. The van der Waals surface area contributed by atoms with Gasteiger partial charge < -0.3 is 4.74 Å². The molecule has 0 aromatic carbocycles. The second-order valence-electron chi connectivity index (χ2n) is 11.7. The van der Waals surface area contributed by atoms with E-state index in [2.05, 4.69) is 27.7 Å². The summed E-state index contributed by atoms with van der Waals surface area (Å²) < 4.78 is 5.63. The number of fused-ring (bicyclic) bond motifs is 5. The van der Waals surface area contributed by atoms with Crippen LogP contribution in [-0.2, 0) is 9.53 Å². The molecule has 0 spiro atoms. The van der Waals surface area contributed by atoms with Gasteiger partial charge in [0.05, 0.1) is 0 Å². The van der Waals surface area contributed by atoms with Crippen LogP contribution in [0.2, 0.25) is 0 Å². The molecule has 4 aliphatic rings. The van der Waals surface area contributed by atoms with E-state index in [-0.39, 0.29) is 12.1 Å². The fourth-order valence-corrected chi connectivity index (χ4v) is 9.19. The minimum Gasteiger partial charge on any atom is -0.463 e. The van der Waals surface area contributed by atoms with E-state index in [0.717, 1.165) is 48.3 Å². The third-order valence-electron chi connectivity index (χ3n) is 10.5. The van der Waals surface area contributed by atoms with Gasteiger partial charge in [-0.3, -0.25) is 4.79 Å². The van der Waals surface area contributed by atoms with Gasteiger partial charge in [-0.15, -0.1) is 0 Å². The number of hydrogen-bond acceptors (Lipinski definition) is 2. The molecule has 0 amide bonds. The molecule has 0 aromatic heterocycles. The van der Waals surface area contributed by atoms with Crippen molar-refractivity contribution in [1.82, 2.24) is 0 Å². The highest BCUT2D eigenvalue weighted by Crippen LogP contribution is 2.68. The molecule has 2 nitrogen and oxygen atoms in total. The third-order valence-corrected chi connectivity index (χ3v) is 10.5. The van der Waals surface area contributed by atoms with E-state index >= 15 is 0 Å². The predicted octanol–water partition coefficient (Wildman–Crippen LogP) is 7.01. The molecule has 4 unspecified atom stereocenters. The number of rotatable bonds is 4. The first-order chi connectivity index (χ1) is 13.3. The van der Waals surface area contributed by atoms with Gasteiger partial charge in [0.25, 0.3) is 0 Å². The van der Waals surface area contributed by atoms with Crippen LogP contribution < -0.4 is 0 Å². The number of esters is 1. The number of ether oxygens (including phenoxy) is 1. The lowest BCUT2D eigenvalue weighted by Crippen LogP contribution is -2.54. The van der Waals surface area contributed by atoms with Crippen LogP contribution in [0.4, 0.5) is 0 Å². The zero-order chi connectivity index (χ0) is 20.1. The molecule has 4 rings (SSSR count). The molecule has 0 heterocycles. The topological polar surface area (TPSA) is 26.3 Å². The normalized spacial score (nSPS) is 48.9. The maximum atomic E-state index is 11.5. The van der Waals surface area contributed by atoms with E-state index in [9.17, 15) is 4.79 Å². The summed E-state index contributed by atoms with van der Waals surface area (Å²) in [6.07, 6.45) is 15.1. The van der Waals surface area contributed by atoms with E-state index in [0.29, 0.717) is 10.8 Å². The van der Waals surface area contributed by atoms with Crippen LogP contribution in [0.5, 0.6) is 0 Å². The van der Waals surface area contributed by atoms with Crippen molar-refractivity contribution in [3.05, 3.63) is 0 Å². The SMILES string of the molecule is CCC[C@@H](C)C1CCC2C3CC[C@@H]4C[C@@H](OC(C)=O)CC[C@]4(C)C3CC[C@@]21C. The van der Waals surface area contributed by atoms with Crippen LogP contribution in [0.1, 0.15) is 105 Å². The fraction of sp³-hybridized carbons (Fsp3) is 0.962. The molecule has 0 N–H and O–H groups in total. The first-order valence-corrected chi connectivity index (χ1v) is 12.5. The van der Waals surface area contributed by atoms with Crippen molar-refractivity contribution in [1.29, 1.82) is 0 Å². The maximum absolute atomic E-state index is 11.5. The third kappa shape index (κ3) is 3.25. The summed E-state index contributed by atoms with van der Waals surface area (Å²) in [5.41, 5.74) is 1.10. The van der Waals surface area contributed by atoms with Crippen LogP contribution in [0, 0.1) is 46.3 Å². The zero-order valence-electron chi connectivity index (χ0n) is 19.1. The number of carbonyl (C=O) groups is 1. The van der Waals surface area contributed by atoms with Crippen molar-refractivity contribution in [2.45, 2.75) is 111 Å². The Balaban J connectivity index is 1.50. The summed E-state index contributed by atoms with van der Waals surface area (Å²) in [5, 5.41) is 0. The van der Waals surface area contributed by atoms with Crippen molar-refractivity contribution in [3.63, 3.8) is 0 Å². The van der Waals surface area contributed by atoms with E-state index in [1.807, 2.05) is 0 Å². The smallest absolute Gasteiger partial charge is 0.302 e. The molecule has 4 saturated carbocycles. The molecule has 2 heteroatoms. The standard InChI is InChI=1S/C26H44O2/c1-6-7-17(2)22-10-11-23-21-9-8-19-16-20(28-18(3)27)12-14-25(19,4)24(21)13-15-26(22,23)5/h17,19-24H,6-16H2,1-5H3/t17-,19-,20+,21?,22?,23?,24?,25+,26-/m1/s1. The van der Waals surface area contributed by atoms with Gasteiger partial charge in [0.15, 0.2) is 0 Å². The van der Waals surface area contributed by atoms with E-state index in [1.165, 1.54) is 57.8 Å². The average molecular weight is 389 g/mol. The van der Waals surface area contributed by atoms with Crippen molar-refractivity contribution in [2.75, 3.05) is 0 Å². The van der Waals surface area contributed by atoms with Crippen LogP contribution in [0.25, 0.3) is 0 Å². The summed E-state index contributed by atoms with van der Waals surface area (Å²) in [7, 11) is 0. The Morgan fingerprint density at radius 2 is 1.71 bits per heavy atom. The minimum absolute atomic E-state index is 0.0890. The number of carbonyl (C=O) groups excluding carboxylic acids is 1. The average Bonchev–Trinajstić information content (AvgIpc) is 2.99. The minimum atomic E-state index is -0.0890. The molecule has 9 atom stereocenters. The Kier molecular flexibility index (Phi) is 5.64. The Labute approximate surface area is 173 Å². The summed E-state index contributed by atoms with van der Waals surface area (Å²) in [6, 6.07) is 0. The summed E-state index contributed by atoms with van der Waals surface area (Å²) in [6.45, 7) is 11.8. The Morgan fingerprint density at radius 3 is 2.43 bits per heavy atom. The molecule has 0 saturated heterocycles. The van der Waals surface area contributed by atoms with E-state index in [1.54, 1.807) is 6.92 Å². The monoisotopic (exact) mass is 388 g/mol. The summed E-state index contributed by atoms with van der Waals surface area (Å²) >= 11 is 0. The van der Waals surface area contributed by atoms with Crippen LogP contribution >= 0.6 is 0 Å². The Hall–Kier alpha value is -0.530. The van der Waals surface area contributed by atoms with Gasteiger partial charge in [-0.2, -0.15) is 0 Å². The van der Waals surface area contributed by atoms with Gasteiger partial charge >= 0.3 is 5.97 Å². The summed E-state index contributed by atoms with van der Waals surface area (Å²) in [5.74, 6) is 5.40. The second kappa shape index (κ2) is 7.62. The first kappa shape index (κ1) is 20.7. The molecular weight excluding hydrogens is 344 g/mol. The van der Waals surface area contributed by atoms with Crippen molar-refractivity contribution < 1.29 is 9.53 Å². The van der Waals surface area contributed by atoms with E-state index < -0.39 is 0 Å². The maximum Gasteiger partial charge on any atom is 0.302 e. The molecule has 160 valence electrons. The molecule has 0 radical (unpaired) electrons. The van der Waals surface area contributed by atoms with Gasteiger partial charge in [-0.1, -0.05) is 40.5 Å². The molecule has 0 bridgehead atoms. The van der Waals surface area contributed by atoms with Crippen molar-refractivity contribution >= 4 is 5.97 Å². The molecule has 4 fully saturated rings. The molecule has 4 aliphatic carbocycles. The summed E-state index contributed by atoms with van der Waals surface area (Å²) in [4.78, 5) is 11.5. The van der Waals surface area contributed by atoms with Crippen LogP contribution in [0.3, 0.4) is 0 Å². The van der Waals surface area contributed by atoms with Gasteiger partial charge in [0, 0.05) is 6.92 Å². The lowest BCUT2D eigenvalue weighted by molar-refractivity contribution is -0.160. The number of hydrogen-bond donors (Lipinski definition) is 0. The molecule has 28 heavy (non-hydrogen) atoms. The highest BCUT2D eigenvalue weighted by atomic mass is 16.5. The fourth-order valence-electron chi connectivity index (χ4n) is 9.19. The van der Waals surface area contributed by atoms with Crippen LogP contribution in [-0.4, -0.2) is 12.1 Å². The first-order valence-electron chi connectivity index (χ1n) is 12.5. The quantitative estimate of drug-likeness (QED) is 0.484. The Morgan fingerprint density at radius 1 is 1.00 bits per heavy atom. The molecule has 0 aliphatic heterocycles. The van der Waals surface area contributed by atoms with E-state index in [4.69, 9.17) is 4.74 Å². The Bertz CT molecular complexity index is 585. The van der Waals surface area contributed by atoms with Gasteiger partial charge in [0.1, 0.15) is 6.10 Å². The molecular formula is C26H44O2. The van der Waals surface area contributed by atoms with Gasteiger partial charge in [-0.05, 0) is 104 Å².